The highest BCUT2D eigenvalue weighted by atomic mass is 19.4. The van der Waals surface area contributed by atoms with Crippen molar-refractivity contribution in [2.24, 2.45) is 0 Å². The average molecular weight is 218 g/mol. The van der Waals surface area contributed by atoms with Gasteiger partial charge < -0.3 is 4.74 Å². The molecule has 0 amide bonds. The van der Waals surface area contributed by atoms with E-state index in [1.807, 2.05) is 0 Å². The van der Waals surface area contributed by atoms with Gasteiger partial charge in [-0.15, -0.1) is 13.2 Å². The van der Waals surface area contributed by atoms with E-state index < -0.39 is 6.36 Å². The van der Waals surface area contributed by atoms with E-state index >= 15 is 0 Å². The van der Waals surface area contributed by atoms with E-state index in [4.69, 9.17) is 0 Å². The molecule has 82 valence electrons. The minimum atomic E-state index is -4.73. The van der Waals surface area contributed by atoms with Gasteiger partial charge in [-0.2, -0.15) is 0 Å². The lowest BCUT2D eigenvalue weighted by atomic mass is 10.1. The summed E-state index contributed by atoms with van der Waals surface area (Å²) >= 11 is 0. The van der Waals surface area contributed by atoms with Gasteiger partial charge in [0, 0.05) is 5.56 Å². The lowest BCUT2D eigenvalue weighted by molar-refractivity contribution is -0.274. The molecule has 0 saturated heterocycles. The van der Waals surface area contributed by atoms with Crippen LogP contribution in [0.5, 0.6) is 5.75 Å². The number of aldehydes is 1. The van der Waals surface area contributed by atoms with Gasteiger partial charge in [-0.05, 0) is 30.2 Å². The Morgan fingerprint density at radius 1 is 1.33 bits per heavy atom. The first-order valence-electron chi connectivity index (χ1n) is 4.29. The van der Waals surface area contributed by atoms with Crippen LogP contribution in [0.4, 0.5) is 13.2 Å². The molecule has 0 aliphatic rings. The zero-order valence-electron chi connectivity index (χ0n) is 7.97. The highest BCUT2D eigenvalue weighted by Gasteiger charge is 2.31. The highest BCUT2D eigenvalue weighted by Crippen LogP contribution is 2.24. The molecule has 0 radical (unpaired) electrons. The molecular formula is C10H9F3O2. The molecule has 1 aromatic rings. The van der Waals surface area contributed by atoms with Crippen molar-refractivity contribution < 1.29 is 22.7 Å². The van der Waals surface area contributed by atoms with Crippen molar-refractivity contribution in [2.75, 3.05) is 0 Å². The first-order chi connectivity index (χ1) is 6.94. The molecular weight excluding hydrogens is 209 g/mol. The third-order valence-electron chi connectivity index (χ3n) is 1.77. The van der Waals surface area contributed by atoms with Crippen molar-refractivity contribution >= 4 is 6.29 Å². The van der Waals surface area contributed by atoms with Gasteiger partial charge in [-0.1, -0.05) is 6.92 Å². The fourth-order valence-electron chi connectivity index (χ4n) is 1.15. The fraction of sp³-hybridized carbons (Fsp3) is 0.300. The second kappa shape index (κ2) is 4.33. The highest BCUT2D eigenvalue weighted by molar-refractivity contribution is 5.76. The van der Waals surface area contributed by atoms with Crippen molar-refractivity contribution in [1.29, 1.82) is 0 Å². The largest absolute Gasteiger partial charge is 0.573 e. The monoisotopic (exact) mass is 218 g/mol. The second-order valence-electron chi connectivity index (χ2n) is 2.93. The molecule has 0 atom stereocenters. The molecule has 0 N–H and O–H groups in total. The number of benzene rings is 1. The molecule has 2 nitrogen and oxygen atoms in total. The summed E-state index contributed by atoms with van der Waals surface area (Å²) < 4.78 is 39.4. The number of carbonyl (C=O) groups is 1. The minimum absolute atomic E-state index is 0.175. The van der Waals surface area contributed by atoms with Gasteiger partial charge in [0.05, 0.1) is 0 Å². The molecule has 0 fully saturated rings. The van der Waals surface area contributed by atoms with E-state index in [-0.39, 0.29) is 11.3 Å². The summed E-state index contributed by atoms with van der Waals surface area (Å²) in [5, 5.41) is 0. The molecule has 0 bridgehead atoms. The van der Waals surface area contributed by atoms with Crippen LogP contribution in [-0.2, 0) is 6.42 Å². The first kappa shape index (κ1) is 11.6. The summed E-state index contributed by atoms with van der Waals surface area (Å²) in [7, 11) is 0. The molecule has 1 rings (SSSR count). The molecule has 0 saturated carbocycles. The van der Waals surface area contributed by atoms with Crippen LogP contribution in [0.3, 0.4) is 0 Å². The third kappa shape index (κ3) is 3.61. The number of hydrogen-bond acceptors (Lipinski definition) is 2. The van der Waals surface area contributed by atoms with Gasteiger partial charge in [0.15, 0.2) is 0 Å². The van der Waals surface area contributed by atoms with E-state index in [0.717, 1.165) is 6.07 Å². The number of ether oxygens (including phenoxy) is 1. The van der Waals surface area contributed by atoms with Crippen LogP contribution >= 0.6 is 0 Å². The summed E-state index contributed by atoms with van der Waals surface area (Å²) in [6.45, 7) is 1.78. The van der Waals surface area contributed by atoms with Crippen LogP contribution in [0.25, 0.3) is 0 Å². The maximum atomic E-state index is 11.9. The molecule has 1 aromatic carbocycles. The lowest BCUT2D eigenvalue weighted by Gasteiger charge is -2.10. The molecule has 0 aromatic heterocycles. The Labute approximate surface area is 84.7 Å². The molecule has 0 spiro atoms. The predicted molar refractivity (Wildman–Crippen MR) is 47.9 cm³/mol. The molecule has 0 unspecified atom stereocenters. The van der Waals surface area contributed by atoms with Gasteiger partial charge in [0.25, 0.3) is 0 Å². The average Bonchev–Trinajstić information content (AvgIpc) is 2.14. The smallest absolute Gasteiger partial charge is 0.406 e. The topological polar surface area (TPSA) is 26.3 Å². The number of halogens is 3. The van der Waals surface area contributed by atoms with Crippen molar-refractivity contribution in [3.05, 3.63) is 29.3 Å². The summed E-state index contributed by atoms with van der Waals surface area (Å²) in [5.41, 5.74) is 0.799. The minimum Gasteiger partial charge on any atom is -0.406 e. The van der Waals surface area contributed by atoms with Crippen LogP contribution in [0.2, 0.25) is 0 Å². The number of hydrogen-bond donors (Lipinski definition) is 0. The van der Waals surface area contributed by atoms with E-state index in [0.29, 0.717) is 18.3 Å². The maximum absolute atomic E-state index is 11.9. The van der Waals surface area contributed by atoms with Gasteiger partial charge in [0.2, 0.25) is 0 Å². The Bertz CT molecular complexity index is 358. The Hall–Kier alpha value is -1.52. The second-order valence-corrected chi connectivity index (χ2v) is 2.93. The van der Waals surface area contributed by atoms with E-state index in [1.165, 1.54) is 12.1 Å². The third-order valence-corrected chi connectivity index (χ3v) is 1.77. The Morgan fingerprint density at radius 2 is 2.00 bits per heavy atom. The van der Waals surface area contributed by atoms with Gasteiger partial charge in [0.1, 0.15) is 12.0 Å². The van der Waals surface area contributed by atoms with Crippen LogP contribution in [0.1, 0.15) is 22.8 Å². The lowest BCUT2D eigenvalue weighted by Crippen LogP contribution is -2.17. The number of rotatable bonds is 3. The fourth-order valence-corrected chi connectivity index (χ4v) is 1.15. The van der Waals surface area contributed by atoms with Crippen molar-refractivity contribution in [3.8, 4) is 5.75 Å². The molecule has 15 heavy (non-hydrogen) atoms. The summed E-state index contributed by atoms with van der Waals surface area (Å²) in [4.78, 5) is 10.5. The Morgan fingerprint density at radius 3 is 2.47 bits per heavy atom. The van der Waals surface area contributed by atoms with Gasteiger partial charge in [-0.3, -0.25) is 4.79 Å². The van der Waals surface area contributed by atoms with E-state index in [1.54, 1.807) is 6.92 Å². The summed E-state index contributed by atoms with van der Waals surface area (Å²) in [6.07, 6.45) is -3.70. The van der Waals surface area contributed by atoms with E-state index in [2.05, 4.69) is 4.74 Å². The van der Waals surface area contributed by atoms with Crippen LogP contribution in [0, 0.1) is 0 Å². The number of alkyl halides is 3. The van der Waals surface area contributed by atoms with Crippen LogP contribution in [-0.4, -0.2) is 12.6 Å². The van der Waals surface area contributed by atoms with E-state index in [9.17, 15) is 18.0 Å². The zero-order valence-corrected chi connectivity index (χ0v) is 7.97. The number of aryl methyl sites for hydroxylation is 1. The number of carbonyl (C=O) groups excluding carboxylic acids is 1. The van der Waals surface area contributed by atoms with Gasteiger partial charge >= 0.3 is 6.36 Å². The van der Waals surface area contributed by atoms with Crippen molar-refractivity contribution in [1.82, 2.24) is 0 Å². The predicted octanol–water partition coefficient (Wildman–Crippen LogP) is 2.96. The van der Waals surface area contributed by atoms with Crippen LogP contribution in [0.15, 0.2) is 18.2 Å². The molecule has 0 heterocycles. The normalized spacial score (nSPS) is 11.2. The standard InChI is InChI=1S/C10H9F3O2/c1-2-7-3-8(6-14)5-9(4-7)15-10(11,12)13/h3-6H,2H2,1H3. The first-order valence-corrected chi connectivity index (χ1v) is 4.29. The summed E-state index contributed by atoms with van der Waals surface area (Å²) in [5.74, 6) is -0.357. The van der Waals surface area contributed by atoms with Crippen molar-refractivity contribution in [3.63, 3.8) is 0 Å². The SMILES string of the molecule is CCc1cc(C=O)cc(OC(F)(F)F)c1. The Kier molecular flexibility index (Phi) is 3.34. The quantitative estimate of drug-likeness (QED) is 0.729. The zero-order chi connectivity index (χ0) is 11.5. The van der Waals surface area contributed by atoms with Crippen molar-refractivity contribution in [2.45, 2.75) is 19.7 Å². The maximum Gasteiger partial charge on any atom is 0.573 e. The summed E-state index contributed by atoms with van der Waals surface area (Å²) in [6, 6.07) is 3.84. The van der Waals surface area contributed by atoms with Crippen LogP contribution < -0.4 is 4.74 Å². The molecule has 0 aliphatic heterocycles. The Balaban J connectivity index is 3.02. The molecule has 0 aliphatic carbocycles. The molecule has 5 heteroatoms. The van der Waals surface area contributed by atoms with Gasteiger partial charge in [-0.25, -0.2) is 0 Å².